The molecule has 0 fully saturated rings. The third-order valence-corrected chi connectivity index (χ3v) is 3.25. The van der Waals surface area contributed by atoms with E-state index in [1.165, 1.54) is 0 Å². The van der Waals surface area contributed by atoms with E-state index in [-0.39, 0.29) is 12.1 Å². The molecule has 0 spiro atoms. The summed E-state index contributed by atoms with van der Waals surface area (Å²) in [7, 11) is 0. The summed E-state index contributed by atoms with van der Waals surface area (Å²) in [5.41, 5.74) is 6.01. The maximum absolute atomic E-state index is 13.7. The summed E-state index contributed by atoms with van der Waals surface area (Å²) in [5, 5.41) is 10.2. The number of hydrogen-bond acceptors (Lipinski definition) is 2. The summed E-state index contributed by atoms with van der Waals surface area (Å²) in [6.45, 7) is 0.0453. The van der Waals surface area contributed by atoms with Crippen LogP contribution in [-0.4, -0.2) is 11.7 Å². The van der Waals surface area contributed by atoms with Crippen molar-refractivity contribution in [1.82, 2.24) is 0 Å². The lowest BCUT2D eigenvalue weighted by molar-refractivity contribution is 0.141. The molecule has 0 aliphatic heterocycles. The molecule has 0 amide bonds. The first-order chi connectivity index (χ1) is 9.56. The second-order valence-corrected chi connectivity index (χ2v) is 4.46. The molecule has 2 aromatic carbocycles. The number of aliphatic hydroxyl groups excluding tert-OH is 1. The van der Waals surface area contributed by atoms with Gasteiger partial charge in [0.15, 0.2) is 17.5 Å². The molecule has 2 atom stereocenters. The third-order valence-electron chi connectivity index (χ3n) is 3.25. The zero-order valence-electron chi connectivity index (χ0n) is 10.6. The number of hydrogen-bond donors (Lipinski definition) is 2. The summed E-state index contributed by atoms with van der Waals surface area (Å²) < 4.78 is 39.8. The number of halogens is 3. The highest BCUT2D eigenvalue weighted by molar-refractivity contribution is 5.29. The first kappa shape index (κ1) is 14.6. The maximum atomic E-state index is 13.7. The Bertz CT molecular complexity index is 589. The minimum absolute atomic E-state index is 0.0453. The Morgan fingerprint density at radius 2 is 1.60 bits per heavy atom. The Morgan fingerprint density at radius 1 is 0.950 bits per heavy atom. The standard InChI is InChI=1S/C15H14F3NO/c16-12-7-6-10(13(17)14(12)18)15(20)11(8-19)9-4-2-1-3-5-9/h1-7,11,15,20H,8,19H2. The van der Waals surface area contributed by atoms with Crippen LogP contribution in [-0.2, 0) is 0 Å². The second kappa shape index (κ2) is 6.07. The minimum Gasteiger partial charge on any atom is -0.388 e. The van der Waals surface area contributed by atoms with Gasteiger partial charge in [-0.25, -0.2) is 13.2 Å². The first-order valence-electron chi connectivity index (χ1n) is 6.12. The van der Waals surface area contributed by atoms with Gasteiger partial charge in [0.1, 0.15) is 0 Å². The van der Waals surface area contributed by atoms with E-state index >= 15 is 0 Å². The monoisotopic (exact) mass is 281 g/mol. The highest BCUT2D eigenvalue weighted by atomic mass is 19.2. The smallest absolute Gasteiger partial charge is 0.194 e. The average molecular weight is 281 g/mol. The van der Waals surface area contributed by atoms with Crippen LogP contribution in [0.2, 0.25) is 0 Å². The highest BCUT2D eigenvalue weighted by Gasteiger charge is 2.26. The molecule has 0 bridgehead atoms. The highest BCUT2D eigenvalue weighted by Crippen LogP contribution is 2.32. The van der Waals surface area contributed by atoms with Crippen LogP contribution < -0.4 is 5.73 Å². The Morgan fingerprint density at radius 3 is 2.20 bits per heavy atom. The van der Waals surface area contributed by atoms with Gasteiger partial charge in [-0.3, -0.25) is 0 Å². The summed E-state index contributed by atoms with van der Waals surface area (Å²) in [6, 6.07) is 10.6. The second-order valence-electron chi connectivity index (χ2n) is 4.46. The SMILES string of the molecule is NCC(c1ccccc1)C(O)c1ccc(F)c(F)c1F. The lowest BCUT2D eigenvalue weighted by Crippen LogP contribution is -2.21. The van der Waals surface area contributed by atoms with Crippen LogP contribution in [0.25, 0.3) is 0 Å². The zero-order valence-corrected chi connectivity index (χ0v) is 10.6. The molecule has 5 heteroatoms. The van der Waals surface area contributed by atoms with Crippen molar-refractivity contribution >= 4 is 0 Å². The van der Waals surface area contributed by atoms with Crippen molar-refractivity contribution in [2.45, 2.75) is 12.0 Å². The Balaban J connectivity index is 2.39. The van der Waals surface area contributed by atoms with Gasteiger partial charge < -0.3 is 10.8 Å². The molecule has 2 rings (SSSR count). The molecule has 0 aromatic heterocycles. The Hall–Kier alpha value is -1.85. The number of nitrogens with two attached hydrogens (primary N) is 1. The lowest BCUT2D eigenvalue weighted by atomic mass is 9.89. The topological polar surface area (TPSA) is 46.2 Å². The van der Waals surface area contributed by atoms with E-state index in [2.05, 4.69) is 0 Å². The van der Waals surface area contributed by atoms with E-state index in [4.69, 9.17) is 5.73 Å². The van der Waals surface area contributed by atoms with E-state index in [9.17, 15) is 18.3 Å². The van der Waals surface area contributed by atoms with Crippen LogP contribution in [0.4, 0.5) is 13.2 Å². The van der Waals surface area contributed by atoms with Gasteiger partial charge in [-0.1, -0.05) is 36.4 Å². The van der Waals surface area contributed by atoms with Gasteiger partial charge in [0, 0.05) is 18.0 Å². The van der Waals surface area contributed by atoms with Crippen LogP contribution >= 0.6 is 0 Å². The lowest BCUT2D eigenvalue weighted by Gasteiger charge is -2.22. The van der Waals surface area contributed by atoms with Crippen molar-refractivity contribution in [3.63, 3.8) is 0 Å². The number of benzene rings is 2. The largest absolute Gasteiger partial charge is 0.388 e. The Labute approximate surface area is 114 Å². The third kappa shape index (κ3) is 2.69. The fourth-order valence-electron chi connectivity index (χ4n) is 2.13. The number of rotatable bonds is 4. The van der Waals surface area contributed by atoms with Gasteiger partial charge in [-0.05, 0) is 11.6 Å². The van der Waals surface area contributed by atoms with Gasteiger partial charge >= 0.3 is 0 Å². The van der Waals surface area contributed by atoms with E-state index in [0.29, 0.717) is 5.56 Å². The van der Waals surface area contributed by atoms with Crippen molar-refractivity contribution in [2.24, 2.45) is 5.73 Å². The van der Waals surface area contributed by atoms with Gasteiger partial charge in [0.05, 0.1) is 6.10 Å². The fourth-order valence-corrected chi connectivity index (χ4v) is 2.13. The van der Waals surface area contributed by atoms with Crippen molar-refractivity contribution in [1.29, 1.82) is 0 Å². The van der Waals surface area contributed by atoms with E-state index in [0.717, 1.165) is 12.1 Å². The van der Waals surface area contributed by atoms with Crippen molar-refractivity contribution < 1.29 is 18.3 Å². The zero-order chi connectivity index (χ0) is 14.7. The summed E-state index contributed by atoms with van der Waals surface area (Å²) in [5.74, 6) is -4.87. The molecule has 0 aliphatic rings. The van der Waals surface area contributed by atoms with Gasteiger partial charge in [-0.2, -0.15) is 0 Å². The average Bonchev–Trinajstić information content (AvgIpc) is 2.47. The first-order valence-corrected chi connectivity index (χ1v) is 6.12. The molecule has 0 saturated heterocycles. The molecule has 3 N–H and O–H groups in total. The van der Waals surface area contributed by atoms with Crippen LogP contribution in [0.1, 0.15) is 23.1 Å². The van der Waals surface area contributed by atoms with Crippen LogP contribution in [0.5, 0.6) is 0 Å². The van der Waals surface area contributed by atoms with E-state index in [1.54, 1.807) is 30.3 Å². The normalized spacial score (nSPS) is 14.1. The Kier molecular flexibility index (Phi) is 4.42. The molecular weight excluding hydrogens is 267 g/mol. The molecule has 106 valence electrons. The van der Waals surface area contributed by atoms with Crippen LogP contribution in [0.15, 0.2) is 42.5 Å². The minimum atomic E-state index is -1.59. The molecule has 0 heterocycles. The van der Waals surface area contributed by atoms with Crippen molar-refractivity contribution in [3.8, 4) is 0 Å². The van der Waals surface area contributed by atoms with E-state index in [1.807, 2.05) is 0 Å². The predicted octanol–water partition coefficient (Wildman–Crippen LogP) is 2.88. The summed E-state index contributed by atoms with van der Waals surface area (Å²) in [4.78, 5) is 0. The maximum Gasteiger partial charge on any atom is 0.194 e. The van der Waals surface area contributed by atoms with Crippen LogP contribution in [0, 0.1) is 17.5 Å². The molecule has 2 unspecified atom stereocenters. The van der Waals surface area contributed by atoms with Gasteiger partial charge in [0.25, 0.3) is 0 Å². The molecule has 0 radical (unpaired) electrons. The number of aliphatic hydroxyl groups is 1. The predicted molar refractivity (Wildman–Crippen MR) is 69.5 cm³/mol. The molecule has 0 saturated carbocycles. The molecule has 20 heavy (non-hydrogen) atoms. The van der Waals surface area contributed by atoms with Gasteiger partial charge in [-0.15, -0.1) is 0 Å². The van der Waals surface area contributed by atoms with Crippen molar-refractivity contribution in [3.05, 3.63) is 71.0 Å². The van der Waals surface area contributed by atoms with E-state index < -0.39 is 29.5 Å². The molecule has 0 aliphatic carbocycles. The van der Waals surface area contributed by atoms with Crippen molar-refractivity contribution in [2.75, 3.05) is 6.54 Å². The summed E-state index contributed by atoms with van der Waals surface area (Å²) >= 11 is 0. The molecular formula is C15H14F3NO. The summed E-state index contributed by atoms with van der Waals surface area (Å²) in [6.07, 6.45) is -1.35. The fraction of sp³-hybridized carbons (Fsp3) is 0.200. The molecule has 2 aromatic rings. The quantitative estimate of drug-likeness (QED) is 0.846. The van der Waals surface area contributed by atoms with Crippen LogP contribution in [0.3, 0.4) is 0 Å². The van der Waals surface area contributed by atoms with Gasteiger partial charge in [0.2, 0.25) is 0 Å². The molecule has 2 nitrogen and oxygen atoms in total.